The number of hydrogen-bond acceptors (Lipinski definition) is 7. The van der Waals surface area contributed by atoms with Crippen molar-refractivity contribution in [2.75, 3.05) is 47.5 Å². The number of likely N-dealkylation sites (N-methyl/N-ethyl adjacent to an activating group) is 1. The van der Waals surface area contributed by atoms with Gasteiger partial charge in [-0.15, -0.1) is 0 Å². The summed E-state index contributed by atoms with van der Waals surface area (Å²) in [6, 6.07) is 0. The average molecular weight is 1420 g/mol. The Morgan fingerprint density at radius 1 is 0.320 bits per heavy atom. The summed E-state index contributed by atoms with van der Waals surface area (Å²) in [6.07, 6.45) is 111. The molecule has 0 saturated carbocycles. The number of quaternary nitrogens is 1. The number of esters is 2. The Kier molecular flexibility index (Phi) is 78.5. The van der Waals surface area contributed by atoms with Crippen LogP contribution in [-0.4, -0.2) is 74.9 Å². The predicted octanol–water partition coefficient (Wildman–Crippen LogP) is 29.4. The van der Waals surface area contributed by atoms with Crippen LogP contribution in [0.25, 0.3) is 0 Å². The number of rotatable bonds is 82. The van der Waals surface area contributed by atoms with E-state index in [9.17, 15) is 19.0 Å². The Bertz CT molecular complexity index is 1920. The molecule has 0 aliphatic rings. The molecule has 0 amide bonds. The first-order valence-corrected chi connectivity index (χ1v) is 45.2. The summed E-state index contributed by atoms with van der Waals surface area (Å²) in [5.74, 6) is -0.773. The van der Waals surface area contributed by atoms with Gasteiger partial charge in [-0.3, -0.25) is 18.6 Å². The molecule has 10 heteroatoms. The summed E-state index contributed by atoms with van der Waals surface area (Å²) >= 11 is 0. The van der Waals surface area contributed by atoms with E-state index in [4.69, 9.17) is 18.5 Å². The Hall–Kier alpha value is -2.55. The highest BCUT2D eigenvalue weighted by Gasteiger charge is 2.27. The van der Waals surface area contributed by atoms with Crippen molar-refractivity contribution < 1.29 is 42.1 Å². The fraction of sp³-hybridized carbons (Fsp3) is 0.844. The van der Waals surface area contributed by atoms with Crippen molar-refractivity contribution in [2.24, 2.45) is 0 Å². The van der Waals surface area contributed by atoms with Crippen LogP contribution in [0.1, 0.15) is 438 Å². The number of phosphoric acid groups is 1. The Balaban J connectivity index is 3.87. The lowest BCUT2D eigenvalue weighted by Crippen LogP contribution is -2.37. The molecule has 0 saturated heterocycles. The van der Waals surface area contributed by atoms with Crippen LogP contribution in [0, 0.1) is 0 Å². The van der Waals surface area contributed by atoms with E-state index >= 15 is 0 Å². The van der Waals surface area contributed by atoms with Gasteiger partial charge in [0.2, 0.25) is 0 Å². The monoisotopic (exact) mass is 1420 g/mol. The van der Waals surface area contributed by atoms with Gasteiger partial charge in [-0.05, 0) is 64.2 Å². The highest BCUT2D eigenvalue weighted by atomic mass is 31.2. The van der Waals surface area contributed by atoms with Crippen LogP contribution in [0.2, 0.25) is 0 Å². The highest BCUT2D eigenvalue weighted by molar-refractivity contribution is 7.47. The van der Waals surface area contributed by atoms with Crippen molar-refractivity contribution in [3.8, 4) is 0 Å². The van der Waals surface area contributed by atoms with Crippen LogP contribution in [0.5, 0.6) is 0 Å². The van der Waals surface area contributed by atoms with Gasteiger partial charge >= 0.3 is 19.8 Å². The number of allylic oxidation sites excluding steroid dienone is 12. The molecule has 2 atom stereocenters. The zero-order valence-electron chi connectivity index (χ0n) is 67.2. The molecule has 0 aromatic carbocycles. The van der Waals surface area contributed by atoms with Crippen molar-refractivity contribution in [3.63, 3.8) is 0 Å². The molecule has 9 nitrogen and oxygen atoms in total. The van der Waals surface area contributed by atoms with Crippen molar-refractivity contribution in [3.05, 3.63) is 72.9 Å². The van der Waals surface area contributed by atoms with Gasteiger partial charge in [0.15, 0.2) is 6.10 Å². The lowest BCUT2D eigenvalue weighted by atomic mass is 10.0. The van der Waals surface area contributed by atoms with Crippen LogP contribution in [0.3, 0.4) is 0 Å². The normalized spacial score (nSPS) is 13.3. The average Bonchev–Trinajstić information content (AvgIpc) is 1.07. The minimum Gasteiger partial charge on any atom is -0.462 e. The summed E-state index contributed by atoms with van der Waals surface area (Å²) in [6.45, 7) is 4.40. The molecule has 0 aromatic rings. The molecule has 0 aromatic heterocycles. The molecular formula is C90H169NO8P+. The maximum Gasteiger partial charge on any atom is 0.472 e. The molecule has 0 fully saturated rings. The van der Waals surface area contributed by atoms with Gasteiger partial charge in [0, 0.05) is 12.8 Å². The first-order chi connectivity index (χ1) is 49.0. The van der Waals surface area contributed by atoms with Gasteiger partial charge in [-0.2, -0.15) is 0 Å². The van der Waals surface area contributed by atoms with Crippen LogP contribution in [0.15, 0.2) is 72.9 Å². The zero-order valence-corrected chi connectivity index (χ0v) is 68.1. The van der Waals surface area contributed by atoms with Crippen molar-refractivity contribution in [1.29, 1.82) is 0 Å². The summed E-state index contributed by atoms with van der Waals surface area (Å²) in [7, 11) is 1.50. The van der Waals surface area contributed by atoms with E-state index in [2.05, 4.69) is 86.8 Å². The molecular weight excluding hydrogens is 1250 g/mol. The van der Waals surface area contributed by atoms with Gasteiger partial charge in [0.05, 0.1) is 27.7 Å². The smallest absolute Gasteiger partial charge is 0.462 e. The Labute approximate surface area is 622 Å². The molecule has 0 aliphatic carbocycles. The fourth-order valence-electron chi connectivity index (χ4n) is 13.1. The van der Waals surface area contributed by atoms with Gasteiger partial charge in [-0.1, -0.05) is 433 Å². The van der Waals surface area contributed by atoms with E-state index in [-0.39, 0.29) is 25.6 Å². The molecule has 2 unspecified atom stereocenters. The number of nitrogens with zero attached hydrogens (tertiary/aromatic N) is 1. The van der Waals surface area contributed by atoms with Crippen LogP contribution in [-0.2, 0) is 32.7 Å². The Morgan fingerprint density at radius 2 is 0.570 bits per heavy atom. The number of hydrogen-bond donors (Lipinski definition) is 1. The Morgan fingerprint density at radius 3 is 0.850 bits per heavy atom. The number of phosphoric ester groups is 1. The van der Waals surface area contributed by atoms with Gasteiger partial charge in [-0.25, -0.2) is 4.57 Å². The quantitative estimate of drug-likeness (QED) is 0.0211. The summed E-state index contributed by atoms with van der Waals surface area (Å²) in [5, 5.41) is 0. The van der Waals surface area contributed by atoms with Crippen molar-refractivity contribution >= 4 is 19.8 Å². The molecule has 586 valence electrons. The largest absolute Gasteiger partial charge is 0.472 e. The molecule has 0 heterocycles. The molecule has 0 aliphatic heterocycles. The predicted molar refractivity (Wildman–Crippen MR) is 436 cm³/mol. The highest BCUT2D eigenvalue weighted by Crippen LogP contribution is 2.43. The topological polar surface area (TPSA) is 108 Å². The second-order valence-electron chi connectivity index (χ2n) is 30.9. The van der Waals surface area contributed by atoms with Gasteiger partial charge in [0.25, 0.3) is 0 Å². The maximum atomic E-state index is 12.9. The lowest BCUT2D eigenvalue weighted by molar-refractivity contribution is -0.870. The van der Waals surface area contributed by atoms with Crippen molar-refractivity contribution in [2.45, 2.75) is 444 Å². The van der Waals surface area contributed by atoms with Gasteiger partial charge < -0.3 is 18.9 Å². The first-order valence-electron chi connectivity index (χ1n) is 43.7. The van der Waals surface area contributed by atoms with Crippen molar-refractivity contribution in [1.82, 2.24) is 0 Å². The van der Waals surface area contributed by atoms with Crippen LogP contribution < -0.4 is 0 Å². The lowest BCUT2D eigenvalue weighted by Gasteiger charge is -2.24. The molecule has 0 spiro atoms. The van der Waals surface area contributed by atoms with E-state index in [1.54, 1.807) is 0 Å². The van der Waals surface area contributed by atoms with E-state index < -0.39 is 26.5 Å². The second-order valence-corrected chi connectivity index (χ2v) is 32.4. The third-order valence-corrected chi connectivity index (χ3v) is 20.7. The zero-order chi connectivity index (χ0) is 72.5. The third-order valence-electron chi connectivity index (χ3n) is 19.8. The number of ether oxygens (including phenoxy) is 2. The fourth-order valence-corrected chi connectivity index (χ4v) is 13.9. The minimum atomic E-state index is -4.40. The number of unbranched alkanes of at least 4 members (excludes halogenated alkanes) is 56. The van der Waals surface area contributed by atoms with Crippen LogP contribution in [0.4, 0.5) is 0 Å². The SMILES string of the molecule is CC/C=C\C/C=C\C/C=C\C/C=C\C/C=C\C/C=C\CCCCCCCCCCCCCCCCCCCCCCC(=O)OC(COC(=O)CCCCCCCCCCCCCCCCCCCCCCCCCCCCCCCCCCCCCCC)COP(=O)(O)OCC[N+](C)(C)C. The molecule has 0 bridgehead atoms. The summed E-state index contributed by atoms with van der Waals surface area (Å²) < 4.78 is 34.9. The molecule has 100 heavy (non-hydrogen) atoms. The van der Waals surface area contributed by atoms with E-state index in [0.29, 0.717) is 23.9 Å². The number of carbonyl (C=O) groups is 2. The standard InChI is InChI=1S/C90H168NO8P/c1-6-8-10-12-14-16-18-20-22-24-26-28-30-32-34-36-38-40-42-44-45-47-49-51-53-55-57-59-61-63-65-67-69-71-73-75-77-79-81-83-90(93)99-88(87-98-100(94,95)97-85-84-91(3,4)5)86-96-89(92)82-80-78-76-74-72-70-68-66-64-62-60-58-56-54-52-50-48-46-43-41-39-37-35-33-31-29-27-25-23-21-19-17-15-13-11-9-7-2/h8,10,14,16,20,22,26,28,32,34,38,40,88H,6-7,9,11-13,15,17-19,21,23-25,27,29-31,33,35-37,39,41-87H2,1-5H3/p+1/b10-8-,16-14-,22-20-,28-26-,34-32-,40-38-. The van der Waals surface area contributed by atoms with Gasteiger partial charge in [0.1, 0.15) is 19.8 Å². The third kappa shape index (κ3) is 84.4. The molecule has 0 rings (SSSR count). The molecule has 0 radical (unpaired) electrons. The van der Waals surface area contributed by atoms with E-state index in [0.717, 1.165) is 70.6 Å². The molecule has 1 N–H and O–H groups in total. The van der Waals surface area contributed by atoms with E-state index in [1.807, 2.05) is 21.1 Å². The first kappa shape index (κ1) is 97.4. The van der Waals surface area contributed by atoms with Crippen LogP contribution >= 0.6 is 7.82 Å². The summed E-state index contributed by atoms with van der Waals surface area (Å²) in [5.41, 5.74) is 0. The second kappa shape index (κ2) is 80.5. The van der Waals surface area contributed by atoms with E-state index in [1.165, 1.54) is 334 Å². The minimum absolute atomic E-state index is 0.0338. The maximum absolute atomic E-state index is 12.9. The number of carbonyl (C=O) groups excluding carboxylic acids is 2. The summed E-state index contributed by atoms with van der Waals surface area (Å²) in [4.78, 5) is 36.0.